The Labute approximate surface area is 158 Å². The van der Waals surface area contributed by atoms with Crippen molar-refractivity contribution in [3.63, 3.8) is 0 Å². The van der Waals surface area contributed by atoms with E-state index in [-0.39, 0.29) is 0 Å². The Balaban J connectivity index is 1.23. The lowest BCUT2D eigenvalue weighted by Crippen LogP contribution is -2.41. The van der Waals surface area contributed by atoms with Crippen molar-refractivity contribution in [2.24, 2.45) is 0 Å². The normalized spacial score (nSPS) is 16.0. The third kappa shape index (κ3) is 4.55. The van der Waals surface area contributed by atoms with E-state index < -0.39 is 0 Å². The van der Waals surface area contributed by atoms with Crippen LogP contribution in [0.1, 0.15) is 23.4 Å². The molecule has 26 heavy (non-hydrogen) atoms. The molecule has 4 rings (SSSR count). The van der Waals surface area contributed by atoms with Gasteiger partial charge in [0.1, 0.15) is 5.01 Å². The van der Waals surface area contributed by atoms with Crippen molar-refractivity contribution < 1.29 is 0 Å². The molecular weight excluding hydrogens is 340 g/mol. The van der Waals surface area contributed by atoms with E-state index in [9.17, 15) is 0 Å². The van der Waals surface area contributed by atoms with E-state index in [2.05, 4.69) is 50.5 Å². The van der Waals surface area contributed by atoms with E-state index in [1.165, 1.54) is 18.4 Å². The van der Waals surface area contributed by atoms with Gasteiger partial charge >= 0.3 is 0 Å². The van der Waals surface area contributed by atoms with Gasteiger partial charge in [0.25, 0.3) is 0 Å². The highest BCUT2D eigenvalue weighted by Crippen LogP contribution is 2.24. The van der Waals surface area contributed by atoms with Crippen LogP contribution in [0.25, 0.3) is 10.6 Å². The van der Waals surface area contributed by atoms with Crippen LogP contribution in [0, 0.1) is 0 Å². The molecular formula is C21H24N4S. The Morgan fingerprint density at radius 1 is 1.00 bits per heavy atom. The van der Waals surface area contributed by atoms with Crippen molar-refractivity contribution >= 4 is 11.3 Å². The summed E-state index contributed by atoms with van der Waals surface area (Å²) >= 11 is 1.73. The lowest BCUT2D eigenvalue weighted by Gasteiger charge is -2.32. The first-order valence-electron chi connectivity index (χ1n) is 9.22. The molecule has 0 saturated carbocycles. The molecule has 0 unspecified atom stereocenters. The summed E-state index contributed by atoms with van der Waals surface area (Å²) in [7, 11) is 0. The summed E-state index contributed by atoms with van der Waals surface area (Å²) in [4.78, 5) is 12.6. The number of thiazole rings is 1. The number of hydrogen-bond donors (Lipinski definition) is 1. The Kier molecular flexibility index (Phi) is 5.69. The van der Waals surface area contributed by atoms with Crippen LogP contribution in [0.2, 0.25) is 0 Å². The molecule has 4 nitrogen and oxygen atoms in total. The lowest BCUT2D eigenvalue weighted by molar-refractivity contribution is 0.190. The van der Waals surface area contributed by atoms with Gasteiger partial charge in [0.15, 0.2) is 0 Å². The van der Waals surface area contributed by atoms with Crippen LogP contribution in [-0.2, 0) is 13.1 Å². The van der Waals surface area contributed by atoms with Gasteiger partial charge in [-0.25, -0.2) is 4.98 Å². The number of pyridine rings is 1. The molecule has 1 saturated heterocycles. The van der Waals surface area contributed by atoms with E-state index in [1.54, 1.807) is 11.3 Å². The first kappa shape index (κ1) is 17.3. The lowest BCUT2D eigenvalue weighted by atomic mass is 10.0. The molecule has 0 bridgehead atoms. The molecule has 0 radical (unpaired) electrons. The summed E-state index contributed by atoms with van der Waals surface area (Å²) in [5.41, 5.74) is 2.41. The predicted octanol–water partition coefficient (Wildman–Crippen LogP) is 3.96. The molecule has 1 fully saturated rings. The molecule has 134 valence electrons. The molecule has 0 aliphatic carbocycles. The molecule has 5 heteroatoms. The number of likely N-dealkylation sites (tertiary alicyclic amines) is 1. The smallest absolute Gasteiger partial charge is 0.107 e. The highest BCUT2D eigenvalue weighted by Gasteiger charge is 2.19. The molecule has 3 aromatic rings. The summed E-state index contributed by atoms with van der Waals surface area (Å²) in [5, 5.41) is 4.82. The Morgan fingerprint density at radius 3 is 2.58 bits per heavy atom. The summed E-state index contributed by atoms with van der Waals surface area (Å²) in [6.07, 6.45) is 6.17. The maximum atomic E-state index is 4.55. The van der Waals surface area contributed by atoms with Gasteiger partial charge in [-0.3, -0.25) is 9.88 Å². The minimum Gasteiger partial charge on any atom is -0.308 e. The van der Waals surface area contributed by atoms with Crippen LogP contribution >= 0.6 is 11.3 Å². The van der Waals surface area contributed by atoms with Crippen molar-refractivity contribution in [2.75, 3.05) is 13.1 Å². The molecule has 1 aliphatic rings. The molecule has 2 aromatic heterocycles. The van der Waals surface area contributed by atoms with Gasteiger partial charge < -0.3 is 5.32 Å². The Morgan fingerprint density at radius 2 is 1.81 bits per heavy atom. The van der Waals surface area contributed by atoms with Gasteiger partial charge in [0, 0.05) is 31.5 Å². The van der Waals surface area contributed by atoms with Gasteiger partial charge in [-0.05, 0) is 43.6 Å². The number of aromatic nitrogens is 2. The van der Waals surface area contributed by atoms with Crippen LogP contribution in [-0.4, -0.2) is 34.0 Å². The van der Waals surface area contributed by atoms with E-state index in [4.69, 9.17) is 0 Å². The van der Waals surface area contributed by atoms with E-state index >= 15 is 0 Å². The molecule has 0 atom stereocenters. The summed E-state index contributed by atoms with van der Waals surface area (Å²) < 4.78 is 0. The summed E-state index contributed by atoms with van der Waals surface area (Å²) in [6, 6.07) is 17.3. The van der Waals surface area contributed by atoms with E-state index in [1.807, 2.05) is 30.6 Å². The van der Waals surface area contributed by atoms with Gasteiger partial charge in [0.05, 0.1) is 10.6 Å². The maximum Gasteiger partial charge on any atom is 0.107 e. The van der Waals surface area contributed by atoms with Crippen molar-refractivity contribution in [3.05, 3.63) is 71.5 Å². The SMILES string of the molecule is c1ccc(CN2CCC(NCc3ncc(-c4ccccn4)s3)CC2)cc1. The standard InChI is InChI=1S/C21H24N4S/c1-2-6-17(7-3-1)16-25-12-9-18(10-13-25)23-15-21-24-14-20(26-21)19-8-4-5-11-22-19/h1-8,11,14,18,23H,9-10,12-13,15-16H2. The molecule has 1 aromatic carbocycles. The minimum absolute atomic E-state index is 0.587. The number of rotatable bonds is 6. The molecule has 1 N–H and O–H groups in total. The average molecular weight is 365 g/mol. The minimum atomic E-state index is 0.587. The zero-order valence-electron chi connectivity index (χ0n) is 14.8. The first-order chi connectivity index (χ1) is 12.9. The van der Waals surface area contributed by atoms with Gasteiger partial charge in [-0.15, -0.1) is 11.3 Å². The third-order valence-corrected chi connectivity index (χ3v) is 5.87. The third-order valence-electron chi connectivity index (χ3n) is 4.85. The highest BCUT2D eigenvalue weighted by molar-refractivity contribution is 7.15. The van der Waals surface area contributed by atoms with Crippen molar-refractivity contribution in [1.82, 2.24) is 20.2 Å². The monoisotopic (exact) mass is 364 g/mol. The maximum absolute atomic E-state index is 4.55. The first-order valence-corrected chi connectivity index (χ1v) is 10.0. The number of benzene rings is 1. The van der Waals surface area contributed by atoms with Crippen molar-refractivity contribution in [3.8, 4) is 10.6 Å². The second-order valence-corrected chi connectivity index (χ2v) is 7.87. The molecule has 0 amide bonds. The second-order valence-electron chi connectivity index (χ2n) is 6.75. The number of piperidine rings is 1. The topological polar surface area (TPSA) is 41.0 Å². The molecule has 1 aliphatic heterocycles. The number of nitrogens with one attached hydrogen (secondary N) is 1. The number of hydrogen-bond acceptors (Lipinski definition) is 5. The summed E-state index contributed by atoms with van der Waals surface area (Å²) in [5.74, 6) is 0. The fraction of sp³-hybridized carbons (Fsp3) is 0.333. The van der Waals surface area contributed by atoms with Crippen molar-refractivity contribution in [2.45, 2.75) is 32.0 Å². The van der Waals surface area contributed by atoms with Gasteiger partial charge in [0.2, 0.25) is 0 Å². The van der Waals surface area contributed by atoms with Crippen LogP contribution in [0.3, 0.4) is 0 Å². The van der Waals surface area contributed by atoms with Crippen LogP contribution in [0.15, 0.2) is 60.9 Å². The molecule has 3 heterocycles. The second kappa shape index (κ2) is 8.54. The van der Waals surface area contributed by atoms with Crippen molar-refractivity contribution in [1.29, 1.82) is 0 Å². The highest BCUT2D eigenvalue weighted by atomic mass is 32.1. The average Bonchev–Trinajstić information content (AvgIpc) is 3.18. The fourth-order valence-electron chi connectivity index (χ4n) is 3.39. The zero-order valence-corrected chi connectivity index (χ0v) is 15.7. The fourth-order valence-corrected chi connectivity index (χ4v) is 4.23. The van der Waals surface area contributed by atoms with Gasteiger partial charge in [-0.1, -0.05) is 36.4 Å². The van der Waals surface area contributed by atoms with Gasteiger partial charge in [-0.2, -0.15) is 0 Å². The largest absolute Gasteiger partial charge is 0.308 e. The number of nitrogens with zero attached hydrogens (tertiary/aromatic N) is 3. The Bertz CT molecular complexity index is 795. The van der Waals surface area contributed by atoms with Crippen LogP contribution in [0.4, 0.5) is 0 Å². The Hall–Kier alpha value is -2.08. The van der Waals surface area contributed by atoms with Crippen LogP contribution in [0.5, 0.6) is 0 Å². The zero-order chi connectivity index (χ0) is 17.6. The van der Waals surface area contributed by atoms with Crippen LogP contribution < -0.4 is 5.32 Å². The summed E-state index contributed by atoms with van der Waals surface area (Å²) in [6.45, 7) is 4.22. The molecule has 0 spiro atoms. The van der Waals surface area contributed by atoms with E-state index in [0.29, 0.717) is 6.04 Å². The van der Waals surface area contributed by atoms with E-state index in [0.717, 1.165) is 41.8 Å². The predicted molar refractivity (Wildman–Crippen MR) is 107 cm³/mol. The quantitative estimate of drug-likeness (QED) is 0.719.